The Morgan fingerprint density at radius 1 is 0.808 bits per heavy atom. The van der Waals surface area contributed by atoms with Crippen LogP contribution in [0.1, 0.15) is 57.4 Å². The van der Waals surface area contributed by atoms with E-state index in [9.17, 15) is 0 Å². The van der Waals surface area contributed by atoms with Gasteiger partial charge in [0.15, 0.2) is 0 Å². The van der Waals surface area contributed by atoms with Crippen molar-refractivity contribution in [3.63, 3.8) is 0 Å². The fourth-order valence-corrected chi connectivity index (χ4v) is 2.97. The summed E-state index contributed by atoms with van der Waals surface area (Å²) in [6, 6.07) is 12.3. The summed E-state index contributed by atoms with van der Waals surface area (Å²) in [4.78, 5) is 4.59. The maximum Gasteiger partial charge on any atom is 0.118 e. The average Bonchev–Trinajstić information content (AvgIpc) is 2.70. The summed E-state index contributed by atoms with van der Waals surface area (Å²) in [7, 11) is 1.68. The van der Waals surface area contributed by atoms with Gasteiger partial charge in [-0.2, -0.15) is 0 Å². The van der Waals surface area contributed by atoms with Crippen molar-refractivity contribution < 1.29 is 9.47 Å². The molecule has 0 fully saturated rings. The number of unbranched alkanes of at least 4 members (excludes halogenated alkanes) is 5. The van der Waals surface area contributed by atoms with Crippen LogP contribution >= 0.6 is 0 Å². The molecule has 0 aliphatic carbocycles. The normalized spacial score (nSPS) is 10.8. The van der Waals surface area contributed by atoms with Gasteiger partial charge in [-0.15, -0.1) is 0 Å². The zero-order chi connectivity index (χ0) is 18.5. The molecule has 2 aromatic rings. The summed E-state index contributed by atoms with van der Waals surface area (Å²) in [5.41, 5.74) is 3.38. The lowest BCUT2D eigenvalue weighted by atomic mass is 10.1. The van der Waals surface area contributed by atoms with Gasteiger partial charge in [0, 0.05) is 25.0 Å². The number of ether oxygens (including phenoxy) is 2. The van der Waals surface area contributed by atoms with E-state index in [1.165, 1.54) is 44.1 Å². The van der Waals surface area contributed by atoms with Crippen LogP contribution in [-0.4, -0.2) is 25.3 Å². The van der Waals surface area contributed by atoms with E-state index in [-0.39, 0.29) is 0 Å². The largest absolute Gasteiger partial charge is 0.497 e. The lowest BCUT2D eigenvalue weighted by Gasteiger charge is -2.06. The van der Waals surface area contributed by atoms with Crippen LogP contribution in [0.25, 0.3) is 11.3 Å². The first-order valence-corrected chi connectivity index (χ1v) is 10.0. The monoisotopic (exact) mass is 355 g/mol. The molecule has 0 amide bonds. The lowest BCUT2D eigenvalue weighted by Crippen LogP contribution is -1.99. The van der Waals surface area contributed by atoms with Crippen LogP contribution in [0.15, 0.2) is 42.6 Å². The molecular formula is C23H33NO2. The van der Waals surface area contributed by atoms with E-state index in [1.54, 1.807) is 7.11 Å². The van der Waals surface area contributed by atoms with Crippen molar-refractivity contribution in [2.45, 2.75) is 58.3 Å². The summed E-state index contributed by atoms with van der Waals surface area (Å²) in [5, 5.41) is 0. The zero-order valence-corrected chi connectivity index (χ0v) is 16.4. The summed E-state index contributed by atoms with van der Waals surface area (Å²) in [6.45, 7) is 4.00. The van der Waals surface area contributed by atoms with Gasteiger partial charge in [0.2, 0.25) is 0 Å². The van der Waals surface area contributed by atoms with Crippen molar-refractivity contribution in [2.24, 2.45) is 0 Å². The molecule has 26 heavy (non-hydrogen) atoms. The van der Waals surface area contributed by atoms with E-state index < -0.39 is 0 Å². The molecule has 1 aromatic carbocycles. The topological polar surface area (TPSA) is 31.4 Å². The zero-order valence-electron chi connectivity index (χ0n) is 16.4. The van der Waals surface area contributed by atoms with Gasteiger partial charge < -0.3 is 9.47 Å². The highest BCUT2D eigenvalue weighted by atomic mass is 16.5. The molecule has 1 heterocycles. The van der Waals surface area contributed by atoms with Gasteiger partial charge in [-0.25, -0.2) is 0 Å². The Morgan fingerprint density at radius 2 is 1.54 bits per heavy atom. The number of benzene rings is 1. The average molecular weight is 356 g/mol. The summed E-state index contributed by atoms with van der Waals surface area (Å²) in [6.07, 6.45) is 12.0. The predicted octanol–water partition coefficient (Wildman–Crippen LogP) is 6.07. The summed E-state index contributed by atoms with van der Waals surface area (Å²) in [5.74, 6) is 0.867. The first kappa shape index (κ1) is 20.4. The molecule has 0 aliphatic rings. The number of hydrogen-bond acceptors (Lipinski definition) is 3. The third-order valence-electron chi connectivity index (χ3n) is 4.61. The maximum atomic E-state index is 5.74. The fourth-order valence-electron chi connectivity index (χ4n) is 2.97. The molecule has 142 valence electrons. The fraction of sp³-hybridized carbons (Fsp3) is 0.522. The number of hydrogen-bond donors (Lipinski definition) is 0. The first-order valence-electron chi connectivity index (χ1n) is 10.0. The Balaban J connectivity index is 1.60. The van der Waals surface area contributed by atoms with Crippen LogP contribution in [-0.2, 0) is 11.2 Å². The standard InChI is InChI=1S/C23H33NO2/c1-3-4-5-6-7-8-17-26-18-9-10-20-11-16-23(24-19-20)21-12-14-22(25-2)15-13-21/h11-16,19H,3-10,17-18H2,1-2H3. The lowest BCUT2D eigenvalue weighted by molar-refractivity contribution is 0.127. The number of pyridine rings is 1. The molecule has 0 radical (unpaired) electrons. The molecule has 0 spiro atoms. The Hall–Kier alpha value is -1.87. The van der Waals surface area contributed by atoms with E-state index >= 15 is 0 Å². The van der Waals surface area contributed by atoms with Crippen LogP contribution < -0.4 is 4.74 Å². The second-order valence-corrected chi connectivity index (χ2v) is 6.76. The Labute approximate surface area is 158 Å². The van der Waals surface area contributed by atoms with Gasteiger partial charge in [0.05, 0.1) is 12.8 Å². The van der Waals surface area contributed by atoms with Gasteiger partial charge in [-0.3, -0.25) is 4.98 Å². The minimum Gasteiger partial charge on any atom is -0.497 e. The summed E-state index contributed by atoms with van der Waals surface area (Å²) < 4.78 is 10.9. The van der Waals surface area contributed by atoms with E-state index in [4.69, 9.17) is 9.47 Å². The smallest absolute Gasteiger partial charge is 0.118 e. The van der Waals surface area contributed by atoms with Crippen molar-refractivity contribution in [1.29, 1.82) is 0 Å². The third-order valence-corrected chi connectivity index (χ3v) is 4.61. The second kappa shape index (κ2) is 12.5. The Kier molecular flexibility index (Phi) is 9.81. The second-order valence-electron chi connectivity index (χ2n) is 6.76. The molecule has 2 rings (SSSR count). The van der Waals surface area contributed by atoms with E-state index in [0.29, 0.717) is 0 Å². The molecule has 0 N–H and O–H groups in total. The first-order chi connectivity index (χ1) is 12.8. The van der Waals surface area contributed by atoms with Crippen LogP contribution in [0.5, 0.6) is 5.75 Å². The van der Waals surface area contributed by atoms with Crippen LogP contribution in [0.4, 0.5) is 0 Å². The van der Waals surface area contributed by atoms with E-state index in [1.807, 2.05) is 30.5 Å². The molecule has 3 heteroatoms. The predicted molar refractivity (Wildman–Crippen MR) is 109 cm³/mol. The van der Waals surface area contributed by atoms with Crippen molar-refractivity contribution >= 4 is 0 Å². The molecule has 0 saturated heterocycles. The molecule has 1 aromatic heterocycles. The summed E-state index contributed by atoms with van der Waals surface area (Å²) >= 11 is 0. The van der Waals surface area contributed by atoms with Crippen LogP contribution in [0.2, 0.25) is 0 Å². The number of nitrogens with zero attached hydrogens (tertiary/aromatic N) is 1. The minimum absolute atomic E-state index is 0.842. The van der Waals surface area contributed by atoms with Gasteiger partial charge >= 0.3 is 0 Å². The van der Waals surface area contributed by atoms with Crippen molar-refractivity contribution in [3.05, 3.63) is 48.2 Å². The molecule has 0 bridgehead atoms. The van der Waals surface area contributed by atoms with Gasteiger partial charge in [-0.05, 0) is 55.2 Å². The number of aryl methyl sites for hydroxylation is 1. The molecular weight excluding hydrogens is 322 g/mol. The highest BCUT2D eigenvalue weighted by molar-refractivity contribution is 5.60. The van der Waals surface area contributed by atoms with Gasteiger partial charge in [0.1, 0.15) is 5.75 Å². The van der Waals surface area contributed by atoms with Crippen molar-refractivity contribution in [3.8, 4) is 17.0 Å². The van der Waals surface area contributed by atoms with E-state index in [0.717, 1.165) is 43.1 Å². The third kappa shape index (κ3) is 7.57. The molecule has 0 saturated carbocycles. The van der Waals surface area contributed by atoms with E-state index in [2.05, 4.69) is 24.0 Å². The quantitative estimate of drug-likeness (QED) is 0.409. The number of methoxy groups -OCH3 is 1. The highest BCUT2D eigenvalue weighted by Crippen LogP contribution is 2.20. The molecule has 0 unspecified atom stereocenters. The molecule has 0 atom stereocenters. The van der Waals surface area contributed by atoms with Crippen LogP contribution in [0, 0.1) is 0 Å². The van der Waals surface area contributed by atoms with Crippen molar-refractivity contribution in [1.82, 2.24) is 4.98 Å². The minimum atomic E-state index is 0.842. The molecule has 0 aliphatic heterocycles. The van der Waals surface area contributed by atoms with Gasteiger partial charge in [-0.1, -0.05) is 45.1 Å². The van der Waals surface area contributed by atoms with Crippen molar-refractivity contribution in [2.75, 3.05) is 20.3 Å². The van der Waals surface area contributed by atoms with Gasteiger partial charge in [0.25, 0.3) is 0 Å². The number of rotatable bonds is 13. The SMILES string of the molecule is CCCCCCCCOCCCc1ccc(-c2ccc(OC)cc2)nc1. The highest BCUT2D eigenvalue weighted by Gasteiger charge is 2.01. The van der Waals surface area contributed by atoms with Crippen LogP contribution in [0.3, 0.4) is 0 Å². The Bertz CT molecular complexity index is 593. The number of aromatic nitrogens is 1. The molecule has 3 nitrogen and oxygen atoms in total. The maximum absolute atomic E-state index is 5.74. The Morgan fingerprint density at radius 3 is 2.23 bits per heavy atom.